The molecule has 2 radical (unpaired) electrons. The van der Waals surface area contributed by atoms with Crippen molar-refractivity contribution in [3.63, 3.8) is 0 Å². The third-order valence-corrected chi connectivity index (χ3v) is 2.28. The van der Waals surface area contributed by atoms with Crippen molar-refractivity contribution in [2.45, 2.75) is 38.4 Å². The molecule has 0 bridgehead atoms. The Hall–Kier alpha value is 0.655. The van der Waals surface area contributed by atoms with Crippen molar-refractivity contribution < 1.29 is 54.7 Å². The van der Waals surface area contributed by atoms with E-state index in [2.05, 4.69) is 6.92 Å². The maximum absolute atomic E-state index is 10.6. The number of aliphatic hydroxyl groups is 1. The van der Waals surface area contributed by atoms with Crippen molar-refractivity contribution in [3.8, 4) is 0 Å². The summed E-state index contributed by atoms with van der Waals surface area (Å²) in [4.78, 5) is 10.6. The molecule has 3 nitrogen and oxygen atoms in total. The summed E-state index contributed by atoms with van der Waals surface area (Å²) in [5, 5.41) is 9.41. The van der Waals surface area contributed by atoms with Crippen LogP contribution in [-0.2, 0) is 37.2 Å². The number of carbonyl (C=O) groups is 1. The zero-order valence-corrected chi connectivity index (χ0v) is 14.7. The van der Waals surface area contributed by atoms with Gasteiger partial charge in [0.15, 0.2) is 0 Å². The first kappa shape index (κ1) is 17.1. The van der Waals surface area contributed by atoms with Gasteiger partial charge in [0.05, 0.1) is 6.10 Å². The standard InChI is InChI=1S/C9H15O3.ClH.Hg/c1-6-8(11)4-3-5-9(6)12-7(2)10;;/h6,8-9,11H,1,3-5H2,2H3;1H;/q;;+1/p-1/t6-,8-,9-;;/m1../s1. The molecule has 1 N–H and O–H groups in total. The molecule has 0 spiro atoms. The number of rotatable bonds is 1. The molecule has 0 saturated heterocycles. The van der Waals surface area contributed by atoms with Gasteiger partial charge >= 0.3 is 33.6 Å². The average molecular weight is 407 g/mol. The van der Waals surface area contributed by atoms with Crippen molar-refractivity contribution in [2.75, 3.05) is 0 Å². The third-order valence-electron chi connectivity index (χ3n) is 2.28. The monoisotopic (exact) mass is 408 g/mol. The summed E-state index contributed by atoms with van der Waals surface area (Å²) in [6, 6.07) is 0. The largest absolute Gasteiger partial charge is 1.00 e. The molecular formula is C9H15ClHgO3. The van der Waals surface area contributed by atoms with Crippen LogP contribution < -0.4 is 12.4 Å². The molecule has 1 saturated carbocycles. The molecule has 14 heavy (non-hydrogen) atoms. The maximum Gasteiger partial charge on any atom is 1.00 e. The Morgan fingerprint density at radius 1 is 1.50 bits per heavy atom. The fraction of sp³-hybridized carbons (Fsp3) is 0.778. The quantitative estimate of drug-likeness (QED) is 0.401. The zero-order chi connectivity index (χ0) is 9.14. The number of esters is 1. The van der Waals surface area contributed by atoms with Crippen LogP contribution in [0.2, 0.25) is 0 Å². The van der Waals surface area contributed by atoms with Crippen LogP contribution in [0.3, 0.4) is 0 Å². The molecule has 5 heteroatoms. The predicted molar refractivity (Wildman–Crippen MR) is 44.3 cm³/mol. The van der Waals surface area contributed by atoms with E-state index >= 15 is 0 Å². The van der Waals surface area contributed by atoms with E-state index in [9.17, 15) is 9.90 Å². The molecule has 0 unspecified atom stereocenters. The summed E-state index contributed by atoms with van der Waals surface area (Å²) in [7, 11) is 0. The van der Waals surface area contributed by atoms with Crippen molar-refractivity contribution in [3.05, 3.63) is 6.92 Å². The molecule has 78 valence electrons. The molecule has 1 fully saturated rings. The summed E-state index contributed by atoms with van der Waals surface area (Å²) in [5.41, 5.74) is 0. The summed E-state index contributed by atoms with van der Waals surface area (Å²) < 4.78 is 5.01. The topological polar surface area (TPSA) is 46.5 Å². The second kappa shape index (κ2) is 7.88. The first-order chi connectivity index (χ1) is 5.61. The van der Waals surface area contributed by atoms with Gasteiger partial charge in [-0.15, -0.1) is 0 Å². The molecule has 1 rings (SSSR count). The van der Waals surface area contributed by atoms with Crippen LogP contribution >= 0.6 is 0 Å². The Balaban J connectivity index is 0. The molecule has 1 aliphatic carbocycles. The van der Waals surface area contributed by atoms with E-state index in [1.54, 1.807) is 0 Å². The first-order valence-electron chi connectivity index (χ1n) is 4.29. The van der Waals surface area contributed by atoms with E-state index in [0.717, 1.165) is 19.3 Å². The van der Waals surface area contributed by atoms with Gasteiger partial charge in [-0.25, -0.2) is 0 Å². The van der Waals surface area contributed by atoms with Gasteiger partial charge in [0.1, 0.15) is 6.10 Å². The Morgan fingerprint density at radius 3 is 2.57 bits per heavy atom. The molecule has 0 aromatic carbocycles. The van der Waals surface area contributed by atoms with Crippen LogP contribution in [0.15, 0.2) is 0 Å². The van der Waals surface area contributed by atoms with Crippen molar-refractivity contribution in [1.82, 2.24) is 0 Å². The van der Waals surface area contributed by atoms with Gasteiger partial charge in [-0.2, -0.15) is 0 Å². The van der Waals surface area contributed by atoms with Crippen LogP contribution in [0, 0.1) is 12.8 Å². The molecule has 0 aromatic heterocycles. The Bertz CT molecular complexity index is 177. The fourth-order valence-electron chi connectivity index (χ4n) is 1.56. The van der Waals surface area contributed by atoms with E-state index in [-0.39, 0.29) is 58.1 Å². The van der Waals surface area contributed by atoms with Crippen molar-refractivity contribution in [2.24, 2.45) is 5.92 Å². The number of hydrogen-bond acceptors (Lipinski definition) is 3. The summed E-state index contributed by atoms with van der Waals surface area (Å²) >= 11 is 0. The normalized spacial score (nSPS) is 30.9. The van der Waals surface area contributed by atoms with Gasteiger partial charge in [-0.3, -0.25) is 4.79 Å². The van der Waals surface area contributed by atoms with Crippen LogP contribution in [0.25, 0.3) is 0 Å². The zero-order valence-electron chi connectivity index (χ0n) is 8.41. The Kier molecular flexibility index (Phi) is 9.61. The van der Waals surface area contributed by atoms with Crippen LogP contribution in [0.5, 0.6) is 0 Å². The molecule has 0 amide bonds. The van der Waals surface area contributed by atoms with Crippen molar-refractivity contribution in [1.29, 1.82) is 0 Å². The van der Waals surface area contributed by atoms with E-state index in [1.807, 2.05) is 0 Å². The summed E-state index contributed by atoms with van der Waals surface area (Å²) in [6.07, 6.45) is 1.90. The Labute approximate surface area is 112 Å². The van der Waals surface area contributed by atoms with Gasteiger partial charge in [0.2, 0.25) is 0 Å². The van der Waals surface area contributed by atoms with Gasteiger partial charge in [-0.05, 0) is 26.2 Å². The molecular weight excluding hydrogens is 392 g/mol. The maximum atomic E-state index is 10.6. The SMILES string of the molecule is [CH2][C@@H]1[C@H](O)CCC[C@H]1OC(C)=O.[Cl-].[Hg+]. The molecule has 0 heterocycles. The third kappa shape index (κ3) is 4.94. The van der Waals surface area contributed by atoms with E-state index in [4.69, 9.17) is 4.74 Å². The van der Waals surface area contributed by atoms with Crippen LogP contribution in [-0.4, -0.2) is 23.3 Å². The number of hydrogen-bond donors (Lipinski definition) is 1. The number of aliphatic hydroxyl groups excluding tert-OH is 1. The summed E-state index contributed by atoms with van der Waals surface area (Å²) in [6.45, 7) is 5.17. The number of halogens is 1. The predicted octanol–water partition coefficient (Wildman–Crippen LogP) is -2.09. The minimum Gasteiger partial charge on any atom is -1.00 e. The van der Waals surface area contributed by atoms with Gasteiger partial charge < -0.3 is 22.3 Å². The van der Waals surface area contributed by atoms with E-state index in [1.165, 1.54) is 6.92 Å². The second-order valence-corrected chi connectivity index (χ2v) is 3.31. The van der Waals surface area contributed by atoms with Gasteiger partial charge in [0, 0.05) is 12.8 Å². The second-order valence-electron chi connectivity index (χ2n) is 3.31. The van der Waals surface area contributed by atoms with Crippen LogP contribution in [0.1, 0.15) is 26.2 Å². The van der Waals surface area contributed by atoms with Gasteiger partial charge in [-0.1, -0.05) is 0 Å². The smallest absolute Gasteiger partial charge is 1.00 e. The van der Waals surface area contributed by atoms with E-state index in [0.29, 0.717) is 0 Å². The van der Waals surface area contributed by atoms with Crippen LogP contribution in [0.4, 0.5) is 0 Å². The summed E-state index contributed by atoms with van der Waals surface area (Å²) in [5.74, 6) is -0.453. The van der Waals surface area contributed by atoms with E-state index < -0.39 is 6.10 Å². The number of ether oxygens (including phenoxy) is 1. The minimum atomic E-state index is -0.414. The Morgan fingerprint density at radius 2 is 2.07 bits per heavy atom. The molecule has 1 aliphatic rings. The fourth-order valence-corrected chi connectivity index (χ4v) is 1.56. The molecule has 0 aromatic rings. The molecule has 0 aliphatic heterocycles. The molecule has 3 atom stereocenters. The van der Waals surface area contributed by atoms with Gasteiger partial charge in [0.25, 0.3) is 0 Å². The minimum absolute atomic E-state index is 0. The average Bonchev–Trinajstić information content (AvgIpc) is 1.98. The first-order valence-corrected chi connectivity index (χ1v) is 4.29. The van der Waals surface area contributed by atoms with Crippen molar-refractivity contribution >= 4 is 5.97 Å². The number of carbonyl (C=O) groups excluding carboxylic acids is 1.